The molecule has 3 heterocycles. The Bertz CT molecular complexity index is 781. The van der Waals surface area contributed by atoms with Crippen LogP contribution in [0.5, 0.6) is 0 Å². The highest BCUT2D eigenvalue weighted by Gasteiger charge is 2.30. The first-order valence-electron chi connectivity index (χ1n) is 8.69. The molecular weight excluding hydrogens is 318 g/mol. The molecular formula is C18H27N5O2. The fraction of sp³-hybridized carbons (Fsp3) is 0.611. The van der Waals surface area contributed by atoms with Gasteiger partial charge in [-0.3, -0.25) is 4.79 Å². The summed E-state index contributed by atoms with van der Waals surface area (Å²) in [4.78, 5) is 26.9. The van der Waals surface area contributed by atoms with E-state index in [2.05, 4.69) is 34.0 Å². The van der Waals surface area contributed by atoms with Crippen molar-refractivity contribution >= 4 is 22.9 Å². The van der Waals surface area contributed by atoms with E-state index < -0.39 is 0 Å². The Hall–Kier alpha value is -2.15. The Morgan fingerprint density at radius 1 is 1.48 bits per heavy atom. The van der Waals surface area contributed by atoms with E-state index in [4.69, 9.17) is 4.98 Å². The Morgan fingerprint density at radius 3 is 2.88 bits per heavy atom. The SMILES string of the molecule is CC(C)(CO)CNC(=O)c1c[nH]c2ncc(N3CCC(C)(C)C3)nc12. The number of aromatic amines is 1. The van der Waals surface area contributed by atoms with E-state index in [1.165, 1.54) is 0 Å². The van der Waals surface area contributed by atoms with Gasteiger partial charge in [-0.15, -0.1) is 0 Å². The number of nitrogens with one attached hydrogen (secondary N) is 2. The highest BCUT2D eigenvalue weighted by molar-refractivity contribution is 6.04. The van der Waals surface area contributed by atoms with Gasteiger partial charge >= 0.3 is 0 Å². The molecule has 0 radical (unpaired) electrons. The molecule has 136 valence electrons. The van der Waals surface area contributed by atoms with Crippen LogP contribution in [0.25, 0.3) is 11.2 Å². The number of H-pyrrole nitrogens is 1. The second-order valence-electron chi connectivity index (χ2n) is 8.47. The highest BCUT2D eigenvalue weighted by atomic mass is 16.3. The monoisotopic (exact) mass is 345 g/mol. The van der Waals surface area contributed by atoms with Crippen LogP contribution in [0.2, 0.25) is 0 Å². The lowest BCUT2D eigenvalue weighted by atomic mass is 9.93. The van der Waals surface area contributed by atoms with Gasteiger partial charge in [0.05, 0.1) is 11.8 Å². The van der Waals surface area contributed by atoms with Crippen molar-refractivity contribution in [1.29, 1.82) is 0 Å². The molecule has 1 amide bonds. The Labute approximate surface area is 147 Å². The predicted octanol–water partition coefficient (Wildman–Crippen LogP) is 1.94. The van der Waals surface area contributed by atoms with Gasteiger partial charge < -0.3 is 20.3 Å². The average molecular weight is 345 g/mol. The summed E-state index contributed by atoms with van der Waals surface area (Å²) >= 11 is 0. The molecule has 0 unspecified atom stereocenters. The number of aliphatic hydroxyl groups is 1. The minimum absolute atomic E-state index is 0.00979. The van der Waals surface area contributed by atoms with Crippen LogP contribution in [-0.4, -0.2) is 52.2 Å². The van der Waals surface area contributed by atoms with Crippen LogP contribution < -0.4 is 10.2 Å². The first kappa shape index (κ1) is 17.7. The van der Waals surface area contributed by atoms with Crippen LogP contribution >= 0.6 is 0 Å². The third-order valence-electron chi connectivity index (χ3n) is 4.77. The van der Waals surface area contributed by atoms with Gasteiger partial charge in [-0.1, -0.05) is 27.7 Å². The molecule has 3 rings (SSSR count). The van der Waals surface area contributed by atoms with Crippen molar-refractivity contribution in [3.8, 4) is 0 Å². The minimum atomic E-state index is -0.361. The van der Waals surface area contributed by atoms with E-state index in [9.17, 15) is 9.90 Å². The van der Waals surface area contributed by atoms with Crippen molar-refractivity contribution in [2.24, 2.45) is 10.8 Å². The zero-order valence-electron chi connectivity index (χ0n) is 15.4. The van der Waals surface area contributed by atoms with Crippen molar-refractivity contribution in [2.45, 2.75) is 34.1 Å². The van der Waals surface area contributed by atoms with Crippen LogP contribution in [-0.2, 0) is 0 Å². The number of nitrogens with zero attached hydrogens (tertiary/aromatic N) is 3. The first-order valence-corrected chi connectivity index (χ1v) is 8.69. The highest BCUT2D eigenvalue weighted by Crippen LogP contribution is 2.32. The van der Waals surface area contributed by atoms with E-state index in [1.807, 2.05) is 13.8 Å². The lowest BCUT2D eigenvalue weighted by Crippen LogP contribution is -2.36. The van der Waals surface area contributed by atoms with Crippen molar-refractivity contribution in [1.82, 2.24) is 20.3 Å². The molecule has 7 heteroatoms. The maximum absolute atomic E-state index is 12.5. The van der Waals surface area contributed by atoms with Gasteiger partial charge in [-0.05, 0) is 11.8 Å². The number of carbonyl (C=O) groups is 1. The number of hydrogen-bond acceptors (Lipinski definition) is 5. The molecule has 0 aliphatic carbocycles. The summed E-state index contributed by atoms with van der Waals surface area (Å²) in [6, 6.07) is 0. The molecule has 7 nitrogen and oxygen atoms in total. The average Bonchev–Trinajstić information content (AvgIpc) is 3.15. The van der Waals surface area contributed by atoms with Crippen molar-refractivity contribution < 1.29 is 9.90 Å². The van der Waals surface area contributed by atoms with E-state index in [0.29, 0.717) is 23.3 Å². The second-order valence-corrected chi connectivity index (χ2v) is 8.47. The summed E-state index contributed by atoms with van der Waals surface area (Å²) in [6.45, 7) is 10.6. The van der Waals surface area contributed by atoms with Gasteiger partial charge in [-0.2, -0.15) is 0 Å². The fourth-order valence-electron chi connectivity index (χ4n) is 2.99. The molecule has 3 N–H and O–H groups in total. The zero-order chi connectivity index (χ0) is 18.2. The largest absolute Gasteiger partial charge is 0.396 e. The first-order chi connectivity index (χ1) is 11.7. The van der Waals surface area contributed by atoms with Gasteiger partial charge in [0, 0.05) is 37.9 Å². The van der Waals surface area contributed by atoms with Gasteiger partial charge in [0.2, 0.25) is 0 Å². The van der Waals surface area contributed by atoms with E-state index in [0.717, 1.165) is 25.3 Å². The third kappa shape index (κ3) is 3.76. The van der Waals surface area contributed by atoms with Crippen LogP contribution in [0.15, 0.2) is 12.4 Å². The van der Waals surface area contributed by atoms with Gasteiger partial charge in [0.1, 0.15) is 11.3 Å². The van der Waals surface area contributed by atoms with Gasteiger partial charge in [0.15, 0.2) is 5.65 Å². The van der Waals surface area contributed by atoms with Crippen LogP contribution in [0.4, 0.5) is 5.82 Å². The maximum Gasteiger partial charge on any atom is 0.255 e. The third-order valence-corrected chi connectivity index (χ3v) is 4.77. The number of amides is 1. The van der Waals surface area contributed by atoms with Crippen LogP contribution in [0.3, 0.4) is 0 Å². The smallest absolute Gasteiger partial charge is 0.255 e. The molecule has 2 aromatic heterocycles. The topological polar surface area (TPSA) is 94.1 Å². The lowest BCUT2D eigenvalue weighted by Gasteiger charge is -2.21. The molecule has 2 aromatic rings. The van der Waals surface area contributed by atoms with Crippen molar-refractivity contribution in [3.63, 3.8) is 0 Å². The normalized spacial score (nSPS) is 17.2. The summed E-state index contributed by atoms with van der Waals surface area (Å²) in [5.41, 5.74) is 1.58. The summed E-state index contributed by atoms with van der Waals surface area (Å²) in [5.74, 6) is 0.600. The number of aliphatic hydroxyl groups excluding tert-OH is 1. The standard InChI is InChI=1S/C18H27N5O2/c1-17(2)5-6-23(10-17)13-8-20-15-14(22-13)12(7-19-15)16(25)21-9-18(3,4)11-24/h7-8,24H,5-6,9-11H2,1-4H3,(H,19,20)(H,21,25). The number of hydrogen-bond donors (Lipinski definition) is 3. The lowest BCUT2D eigenvalue weighted by molar-refractivity contribution is 0.0912. The second kappa shape index (κ2) is 6.29. The molecule has 0 bridgehead atoms. The zero-order valence-corrected chi connectivity index (χ0v) is 15.4. The molecule has 0 aromatic carbocycles. The predicted molar refractivity (Wildman–Crippen MR) is 97.7 cm³/mol. The molecule has 0 saturated carbocycles. The maximum atomic E-state index is 12.5. The Morgan fingerprint density at radius 2 is 2.24 bits per heavy atom. The molecule has 0 spiro atoms. The van der Waals surface area contributed by atoms with Gasteiger partial charge in [0.25, 0.3) is 5.91 Å². The summed E-state index contributed by atoms with van der Waals surface area (Å²) in [6.07, 6.45) is 4.52. The van der Waals surface area contributed by atoms with E-state index in [1.54, 1.807) is 12.4 Å². The van der Waals surface area contributed by atoms with Crippen LogP contribution in [0, 0.1) is 10.8 Å². The van der Waals surface area contributed by atoms with Crippen molar-refractivity contribution in [3.05, 3.63) is 18.0 Å². The Balaban J connectivity index is 1.82. The molecule has 0 atom stereocenters. The molecule has 1 aliphatic heterocycles. The number of carbonyl (C=O) groups excluding carboxylic acids is 1. The molecule has 1 aliphatic rings. The van der Waals surface area contributed by atoms with Crippen LogP contribution in [0.1, 0.15) is 44.5 Å². The fourth-order valence-corrected chi connectivity index (χ4v) is 2.99. The Kier molecular flexibility index (Phi) is 4.45. The number of anilines is 1. The molecule has 1 fully saturated rings. The van der Waals surface area contributed by atoms with Gasteiger partial charge in [-0.25, -0.2) is 9.97 Å². The number of rotatable bonds is 5. The van der Waals surface area contributed by atoms with E-state index >= 15 is 0 Å². The molecule has 1 saturated heterocycles. The summed E-state index contributed by atoms with van der Waals surface area (Å²) in [7, 11) is 0. The summed E-state index contributed by atoms with van der Waals surface area (Å²) in [5, 5.41) is 12.2. The number of fused-ring (bicyclic) bond motifs is 1. The van der Waals surface area contributed by atoms with Crippen molar-refractivity contribution in [2.75, 3.05) is 31.1 Å². The number of aromatic nitrogens is 3. The molecule has 25 heavy (non-hydrogen) atoms. The quantitative estimate of drug-likeness (QED) is 0.770. The summed E-state index contributed by atoms with van der Waals surface area (Å²) < 4.78 is 0. The van der Waals surface area contributed by atoms with E-state index in [-0.39, 0.29) is 23.3 Å². The minimum Gasteiger partial charge on any atom is -0.396 e.